The third kappa shape index (κ3) is 1.93. The molecular formula is C13H9FO2. The topological polar surface area (TPSA) is 37.3 Å². The van der Waals surface area contributed by atoms with Crippen LogP contribution in [0.1, 0.15) is 15.9 Å². The van der Waals surface area contributed by atoms with Gasteiger partial charge in [-0.05, 0) is 18.2 Å². The Morgan fingerprint density at radius 3 is 2.31 bits per heavy atom. The van der Waals surface area contributed by atoms with Crippen molar-refractivity contribution in [1.29, 1.82) is 0 Å². The highest BCUT2D eigenvalue weighted by Gasteiger charge is 2.10. The van der Waals surface area contributed by atoms with E-state index >= 15 is 0 Å². The summed E-state index contributed by atoms with van der Waals surface area (Å²) >= 11 is 0. The van der Waals surface area contributed by atoms with Crippen molar-refractivity contribution in [2.45, 2.75) is 0 Å². The van der Waals surface area contributed by atoms with Crippen LogP contribution >= 0.6 is 0 Å². The lowest BCUT2D eigenvalue weighted by molar-refractivity contribution is 0.103. The molecule has 0 atom stereocenters. The minimum absolute atomic E-state index is 0.240. The summed E-state index contributed by atoms with van der Waals surface area (Å²) in [5, 5.41) is 9.17. The van der Waals surface area contributed by atoms with Gasteiger partial charge < -0.3 is 5.11 Å². The van der Waals surface area contributed by atoms with Crippen LogP contribution in [-0.2, 0) is 0 Å². The Kier molecular flexibility index (Phi) is 2.68. The molecule has 0 saturated heterocycles. The number of rotatable bonds is 2. The maximum Gasteiger partial charge on any atom is 0.193 e. The van der Waals surface area contributed by atoms with Crippen molar-refractivity contribution in [2.75, 3.05) is 0 Å². The molecule has 0 aromatic heterocycles. The predicted octanol–water partition coefficient (Wildman–Crippen LogP) is 2.76. The molecular weight excluding hydrogens is 207 g/mol. The van der Waals surface area contributed by atoms with E-state index in [2.05, 4.69) is 0 Å². The van der Waals surface area contributed by atoms with Crippen LogP contribution in [-0.4, -0.2) is 10.9 Å². The van der Waals surface area contributed by atoms with E-state index in [-0.39, 0.29) is 11.3 Å². The minimum atomic E-state index is -0.732. The first-order valence-electron chi connectivity index (χ1n) is 4.77. The second-order valence-electron chi connectivity index (χ2n) is 3.36. The van der Waals surface area contributed by atoms with Gasteiger partial charge in [-0.3, -0.25) is 4.79 Å². The van der Waals surface area contributed by atoms with E-state index in [1.54, 1.807) is 30.3 Å². The molecule has 0 bridgehead atoms. The number of hydrogen-bond acceptors (Lipinski definition) is 2. The SMILES string of the molecule is O=C(c1ccccc1)c1ccc(F)c(O)c1. The van der Waals surface area contributed by atoms with Crippen molar-refractivity contribution in [2.24, 2.45) is 0 Å². The first-order chi connectivity index (χ1) is 7.68. The average molecular weight is 216 g/mol. The molecule has 0 saturated carbocycles. The second-order valence-corrected chi connectivity index (χ2v) is 3.36. The fourth-order valence-electron chi connectivity index (χ4n) is 1.41. The summed E-state index contributed by atoms with van der Waals surface area (Å²) in [5.74, 6) is -1.48. The Bertz CT molecular complexity index is 521. The number of ketones is 1. The van der Waals surface area contributed by atoms with Gasteiger partial charge in [0.15, 0.2) is 17.3 Å². The van der Waals surface area contributed by atoms with Crippen LogP contribution < -0.4 is 0 Å². The van der Waals surface area contributed by atoms with Crippen molar-refractivity contribution in [3.8, 4) is 5.75 Å². The Hall–Kier alpha value is -2.16. The summed E-state index contributed by atoms with van der Waals surface area (Å²) in [7, 11) is 0. The van der Waals surface area contributed by atoms with Crippen molar-refractivity contribution in [1.82, 2.24) is 0 Å². The molecule has 0 aliphatic rings. The maximum absolute atomic E-state index is 12.8. The van der Waals surface area contributed by atoms with Crippen molar-refractivity contribution in [3.05, 3.63) is 65.5 Å². The average Bonchev–Trinajstić information content (AvgIpc) is 2.33. The highest BCUT2D eigenvalue weighted by molar-refractivity contribution is 6.09. The summed E-state index contributed by atoms with van der Waals surface area (Å²) in [6, 6.07) is 12.2. The molecule has 80 valence electrons. The van der Waals surface area contributed by atoms with Gasteiger partial charge in [0.25, 0.3) is 0 Å². The van der Waals surface area contributed by atoms with E-state index in [4.69, 9.17) is 5.11 Å². The zero-order valence-corrected chi connectivity index (χ0v) is 8.35. The smallest absolute Gasteiger partial charge is 0.193 e. The number of halogens is 1. The van der Waals surface area contributed by atoms with Gasteiger partial charge in [0.2, 0.25) is 0 Å². The van der Waals surface area contributed by atoms with E-state index < -0.39 is 11.6 Å². The Morgan fingerprint density at radius 2 is 1.69 bits per heavy atom. The highest BCUT2D eigenvalue weighted by atomic mass is 19.1. The summed E-state index contributed by atoms with van der Waals surface area (Å²) in [4.78, 5) is 11.9. The molecule has 2 nitrogen and oxygen atoms in total. The lowest BCUT2D eigenvalue weighted by Crippen LogP contribution is -2.00. The summed E-state index contributed by atoms with van der Waals surface area (Å²) in [6.07, 6.45) is 0. The number of aromatic hydroxyl groups is 1. The molecule has 0 heterocycles. The van der Waals surface area contributed by atoms with Gasteiger partial charge in [-0.15, -0.1) is 0 Å². The molecule has 0 spiro atoms. The van der Waals surface area contributed by atoms with E-state index in [0.717, 1.165) is 12.1 Å². The minimum Gasteiger partial charge on any atom is -0.505 e. The van der Waals surface area contributed by atoms with Crippen molar-refractivity contribution >= 4 is 5.78 Å². The fourth-order valence-corrected chi connectivity index (χ4v) is 1.41. The van der Waals surface area contributed by atoms with Crippen LogP contribution in [0.5, 0.6) is 5.75 Å². The van der Waals surface area contributed by atoms with Crippen LogP contribution in [0.4, 0.5) is 4.39 Å². The molecule has 1 N–H and O–H groups in total. The van der Waals surface area contributed by atoms with Crippen LogP contribution in [0, 0.1) is 5.82 Å². The van der Waals surface area contributed by atoms with Gasteiger partial charge in [0, 0.05) is 11.1 Å². The number of carbonyl (C=O) groups is 1. The zero-order valence-electron chi connectivity index (χ0n) is 8.35. The van der Waals surface area contributed by atoms with E-state index in [9.17, 15) is 9.18 Å². The standard InChI is InChI=1S/C13H9FO2/c14-11-7-6-10(8-12(11)15)13(16)9-4-2-1-3-5-9/h1-8,15H. The summed E-state index contributed by atoms with van der Waals surface area (Å²) in [6.45, 7) is 0. The molecule has 0 aliphatic heterocycles. The number of phenolic OH excluding ortho intramolecular Hbond substituents is 1. The first-order valence-corrected chi connectivity index (χ1v) is 4.77. The van der Waals surface area contributed by atoms with E-state index in [1.165, 1.54) is 6.07 Å². The predicted molar refractivity (Wildman–Crippen MR) is 57.9 cm³/mol. The lowest BCUT2D eigenvalue weighted by atomic mass is 10.0. The van der Waals surface area contributed by atoms with Crippen molar-refractivity contribution < 1.29 is 14.3 Å². The molecule has 0 aliphatic carbocycles. The Morgan fingerprint density at radius 1 is 1.00 bits per heavy atom. The Labute approximate surface area is 92.0 Å². The van der Waals surface area contributed by atoms with Gasteiger partial charge in [0.1, 0.15) is 0 Å². The second kappa shape index (κ2) is 4.14. The molecule has 0 radical (unpaired) electrons. The van der Waals surface area contributed by atoms with Crippen LogP contribution in [0.3, 0.4) is 0 Å². The largest absolute Gasteiger partial charge is 0.505 e. The number of phenols is 1. The zero-order chi connectivity index (χ0) is 11.5. The highest BCUT2D eigenvalue weighted by Crippen LogP contribution is 2.19. The van der Waals surface area contributed by atoms with Gasteiger partial charge >= 0.3 is 0 Å². The lowest BCUT2D eigenvalue weighted by Gasteiger charge is -2.02. The summed E-state index contributed by atoms with van der Waals surface area (Å²) in [5.41, 5.74) is 0.776. The fraction of sp³-hybridized carbons (Fsp3) is 0. The molecule has 2 rings (SSSR count). The van der Waals surface area contributed by atoms with Crippen LogP contribution in [0.15, 0.2) is 48.5 Å². The molecule has 2 aromatic carbocycles. The van der Waals surface area contributed by atoms with Crippen LogP contribution in [0.25, 0.3) is 0 Å². The maximum atomic E-state index is 12.8. The molecule has 0 unspecified atom stereocenters. The molecule has 3 heteroatoms. The van der Waals surface area contributed by atoms with E-state index in [0.29, 0.717) is 5.56 Å². The monoisotopic (exact) mass is 216 g/mol. The Balaban J connectivity index is 2.39. The first kappa shape index (κ1) is 10.4. The van der Waals surface area contributed by atoms with Crippen LogP contribution in [0.2, 0.25) is 0 Å². The van der Waals surface area contributed by atoms with Gasteiger partial charge in [-0.25, -0.2) is 4.39 Å². The third-order valence-electron chi connectivity index (χ3n) is 2.24. The quantitative estimate of drug-likeness (QED) is 0.784. The van der Waals surface area contributed by atoms with Gasteiger partial charge in [-0.2, -0.15) is 0 Å². The molecule has 0 amide bonds. The van der Waals surface area contributed by atoms with Crippen molar-refractivity contribution in [3.63, 3.8) is 0 Å². The normalized spacial score (nSPS) is 10.1. The molecule has 16 heavy (non-hydrogen) atoms. The van der Waals surface area contributed by atoms with Gasteiger partial charge in [-0.1, -0.05) is 30.3 Å². The number of hydrogen-bond donors (Lipinski definition) is 1. The molecule has 2 aromatic rings. The molecule has 0 fully saturated rings. The van der Waals surface area contributed by atoms with Gasteiger partial charge in [0.05, 0.1) is 0 Å². The number of benzene rings is 2. The summed E-state index contributed by atoms with van der Waals surface area (Å²) < 4.78 is 12.8. The van der Waals surface area contributed by atoms with E-state index in [1.807, 2.05) is 0 Å². The third-order valence-corrected chi connectivity index (χ3v) is 2.24. The number of carbonyl (C=O) groups excluding carboxylic acids is 1.